The monoisotopic (exact) mass is 453 g/mol. The fourth-order valence-electron chi connectivity index (χ4n) is 3.19. The Balaban J connectivity index is 1.95. The largest absolute Gasteiger partial charge is 0.409 e. The summed E-state index contributed by atoms with van der Waals surface area (Å²) in [4.78, 5) is 4.21. The van der Waals surface area contributed by atoms with Crippen molar-refractivity contribution in [1.29, 1.82) is 0 Å². The number of benzene rings is 2. The average molecular weight is 453 g/mol. The molecule has 0 N–H and O–H groups in total. The summed E-state index contributed by atoms with van der Waals surface area (Å²) in [6.07, 6.45) is -0.431. The Morgan fingerprint density at radius 2 is 1.44 bits per heavy atom. The molecule has 3 rings (SSSR count). The second-order valence-corrected chi connectivity index (χ2v) is 7.20. The quantitative estimate of drug-likeness (QED) is 0.346. The van der Waals surface area contributed by atoms with E-state index in [0.29, 0.717) is 17.8 Å². The smallest absolute Gasteiger partial charge is 0.256 e. The van der Waals surface area contributed by atoms with E-state index in [1.165, 1.54) is 0 Å². The second kappa shape index (κ2) is 9.54. The van der Waals surface area contributed by atoms with E-state index in [0.717, 1.165) is 37.0 Å². The minimum atomic E-state index is -4.77. The van der Waals surface area contributed by atoms with E-state index in [1.54, 1.807) is 18.3 Å². The molecule has 8 heteroatoms. The van der Waals surface area contributed by atoms with Crippen LogP contribution in [-0.2, 0) is 6.42 Å². The Morgan fingerprint density at radius 1 is 0.844 bits per heavy atom. The standard InChI is InChI=1S/C24H18F7N/c1-2-3-4-14-5-6-22(32-13-14)15-9-20(27)23(21(28)10-15)16-11-18(25)17(19(26)12-16)7-8-24(29,30)31/h5-13H,2-4H2,1H3/b8-7+. The van der Waals surface area contributed by atoms with Gasteiger partial charge in [0.1, 0.15) is 23.3 Å². The number of unbranched alkanes of at least 4 members (excludes halogenated alkanes) is 1. The molecule has 1 aromatic heterocycles. The van der Waals surface area contributed by atoms with Gasteiger partial charge in [-0.05, 0) is 60.4 Å². The lowest BCUT2D eigenvalue weighted by Gasteiger charge is -2.11. The lowest BCUT2D eigenvalue weighted by Crippen LogP contribution is -2.01. The highest BCUT2D eigenvalue weighted by Crippen LogP contribution is 2.33. The first-order chi connectivity index (χ1) is 15.1. The summed E-state index contributed by atoms with van der Waals surface area (Å²) in [7, 11) is 0. The minimum Gasteiger partial charge on any atom is -0.256 e. The highest BCUT2D eigenvalue weighted by Gasteiger charge is 2.23. The molecular formula is C24H18F7N. The lowest BCUT2D eigenvalue weighted by atomic mass is 9.98. The molecule has 1 nitrogen and oxygen atoms in total. The fourth-order valence-corrected chi connectivity index (χ4v) is 3.19. The maximum atomic E-state index is 14.7. The maximum absolute atomic E-state index is 14.7. The molecule has 2 aromatic carbocycles. The fraction of sp³-hybridized carbons (Fsp3) is 0.208. The van der Waals surface area contributed by atoms with Gasteiger partial charge in [-0.3, -0.25) is 4.98 Å². The van der Waals surface area contributed by atoms with Crippen molar-refractivity contribution in [3.63, 3.8) is 0 Å². The van der Waals surface area contributed by atoms with E-state index in [4.69, 9.17) is 0 Å². The Hall–Kier alpha value is -3.16. The molecular weight excluding hydrogens is 435 g/mol. The first-order valence-electron chi connectivity index (χ1n) is 9.78. The van der Waals surface area contributed by atoms with Crippen LogP contribution in [0.15, 0.2) is 48.7 Å². The van der Waals surface area contributed by atoms with Gasteiger partial charge >= 0.3 is 6.18 Å². The van der Waals surface area contributed by atoms with Crippen LogP contribution in [0.25, 0.3) is 28.5 Å². The predicted octanol–water partition coefficient (Wildman–Crippen LogP) is 7.89. The number of nitrogens with zero attached hydrogens (tertiary/aromatic N) is 1. The number of pyridine rings is 1. The molecule has 0 fully saturated rings. The number of aromatic nitrogens is 1. The molecule has 32 heavy (non-hydrogen) atoms. The molecule has 0 aliphatic rings. The summed E-state index contributed by atoms with van der Waals surface area (Å²) >= 11 is 0. The predicted molar refractivity (Wildman–Crippen MR) is 109 cm³/mol. The van der Waals surface area contributed by atoms with Gasteiger partial charge < -0.3 is 0 Å². The highest BCUT2D eigenvalue weighted by molar-refractivity contribution is 5.72. The van der Waals surface area contributed by atoms with Crippen molar-refractivity contribution in [2.45, 2.75) is 32.4 Å². The van der Waals surface area contributed by atoms with Crippen LogP contribution in [0, 0.1) is 23.3 Å². The van der Waals surface area contributed by atoms with Gasteiger partial charge in [0.2, 0.25) is 0 Å². The van der Waals surface area contributed by atoms with Crippen molar-refractivity contribution in [2.24, 2.45) is 0 Å². The number of allylic oxidation sites excluding steroid dienone is 1. The summed E-state index contributed by atoms with van der Waals surface area (Å²) in [6, 6.07) is 6.57. The molecule has 3 aromatic rings. The Labute approximate surface area is 180 Å². The molecule has 0 saturated carbocycles. The highest BCUT2D eigenvalue weighted by atomic mass is 19.4. The molecule has 0 radical (unpaired) electrons. The summed E-state index contributed by atoms with van der Waals surface area (Å²) in [6.45, 7) is 2.05. The van der Waals surface area contributed by atoms with Gasteiger partial charge in [0.15, 0.2) is 0 Å². The molecule has 168 valence electrons. The van der Waals surface area contributed by atoms with Crippen molar-refractivity contribution in [3.05, 3.63) is 83.1 Å². The SMILES string of the molecule is CCCCc1ccc(-c2cc(F)c(-c3cc(F)c(/C=C/C(F)(F)F)c(F)c3)c(F)c2)nc1. The molecule has 1 heterocycles. The van der Waals surface area contributed by atoms with E-state index < -0.39 is 46.1 Å². The van der Waals surface area contributed by atoms with Gasteiger partial charge in [-0.1, -0.05) is 19.4 Å². The topological polar surface area (TPSA) is 12.9 Å². The third-order valence-electron chi connectivity index (χ3n) is 4.79. The second-order valence-electron chi connectivity index (χ2n) is 7.20. The summed E-state index contributed by atoms with van der Waals surface area (Å²) < 4.78 is 94.6. The molecule has 0 atom stereocenters. The summed E-state index contributed by atoms with van der Waals surface area (Å²) in [5.74, 6) is -4.94. The zero-order valence-electron chi connectivity index (χ0n) is 16.9. The molecule has 0 bridgehead atoms. The molecule has 0 aliphatic carbocycles. The van der Waals surface area contributed by atoms with Crippen LogP contribution in [0.4, 0.5) is 30.7 Å². The van der Waals surface area contributed by atoms with Crippen LogP contribution in [0.2, 0.25) is 0 Å². The van der Waals surface area contributed by atoms with Crippen LogP contribution >= 0.6 is 0 Å². The number of alkyl halides is 3. The number of rotatable bonds is 6. The number of halogens is 7. The molecule has 0 amide bonds. The first kappa shape index (κ1) is 23.5. The maximum Gasteiger partial charge on any atom is 0.409 e. The van der Waals surface area contributed by atoms with Gasteiger partial charge in [-0.2, -0.15) is 13.2 Å². The van der Waals surface area contributed by atoms with Crippen LogP contribution in [0.3, 0.4) is 0 Å². The Kier molecular flexibility index (Phi) is 7.01. The van der Waals surface area contributed by atoms with Gasteiger partial charge in [-0.15, -0.1) is 0 Å². The van der Waals surface area contributed by atoms with Crippen LogP contribution < -0.4 is 0 Å². The normalized spacial score (nSPS) is 12.0. The molecule has 0 unspecified atom stereocenters. The third-order valence-corrected chi connectivity index (χ3v) is 4.79. The molecule has 0 aliphatic heterocycles. The summed E-state index contributed by atoms with van der Waals surface area (Å²) in [5.41, 5.74) is -0.697. The van der Waals surface area contributed by atoms with E-state index >= 15 is 0 Å². The van der Waals surface area contributed by atoms with Crippen molar-refractivity contribution in [3.8, 4) is 22.4 Å². The van der Waals surface area contributed by atoms with E-state index in [-0.39, 0.29) is 17.7 Å². The molecule has 0 spiro atoms. The Bertz CT molecular complexity index is 1090. The average Bonchev–Trinajstić information content (AvgIpc) is 2.70. The third kappa shape index (κ3) is 5.55. The summed E-state index contributed by atoms with van der Waals surface area (Å²) in [5, 5.41) is 0. The van der Waals surface area contributed by atoms with Gasteiger partial charge in [0.05, 0.1) is 11.3 Å². The van der Waals surface area contributed by atoms with Crippen molar-refractivity contribution in [1.82, 2.24) is 4.98 Å². The lowest BCUT2D eigenvalue weighted by molar-refractivity contribution is -0.0790. The minimum absolute atomic E-state index is 0.136. The van der Waals surface area contributed by atoms with Crippen molar-refractivity contribution < 1.29 is 30.7 Å². The van der Waals surface area contributed by atoms with Gasteiger partial charge in [0.25, 0.3) is 0 Å². The number of hydrogen-bond acceptors (Lipinski definition) is 1. The van der Waals surface area contributed by atoms with E-state index in [1.807, 2.05) is 0 Å². The van der Waals surface area contributed by atoms with Crippen LogP contribution in [0.5, 0.6) is 0 Å². The van der Waals surface area contributed by atoms with Crippen LogP contribution in [-0.4, -0.2) is 11.2 Å². The molecule has 0 saturated heterocycles. The van der Waals surface area contributed by atoms with Gasteiger partial charge in [0, 0.05) is 23.4 Å². The zero-order chi connectivity index (χ0) is 23.5. The first-order valence-corrected chi connectivity index (χ1v) is 9.78. The zero-order valence-corrected chi connectivity index (χ0v) is 16.9. The van der Waals surface area contributed by atoms with E-state index in [9.17, 15) is 30.7 Å². The number of aryl methyl sites for hydroxylation is 1. The Morgan fingerprint density at radius 3 is 1.94 bits per heavy atom. The van der Waals surface area contributed by atoms with Gasteiger partial charge in [-0.25, -0.2) is 17.6 Å². The van der Waals surface area contributed by atoms with Crippen LogP contribution in [0.1, 0.15) is 30.9 Å². The van der Waals surface area contributed by atoms with E-state index in [2.05, 4.69) is 11.9 Å². The van der Waals surface area contributed by atoms with Crippen molar-refractivity contribution in [2.75, 3.05) is 0 Å². The number of hydrogen-bond donors (Lipinski definition) is 0. The van der Waals surface area contributed by atoms with Crippen molar-refractivity contribution >= 4 is 6.08 Å².